The molecule has 0 atom stereocenters. The first kappa shape index (κ1) is 23.2. The summed E-state index contributed by atoms with van der Waals surface area (Å²) in [5, 5.41) is 3.31. The second-order valence-electron chi connectivity index (χ2n) is 8.50. The van der Waals surface area contributed by atoms with Gasteiger partial charge in [-0.05, 0) is 62.5 Å². The van der Waals surface area contributed by atoms with Gasteiger partial charge in [0.25, 0.3) is 0 Å². The highest BCUT2D eigenvalue weighted by atomic mass is 35.5. The number of hydrogen-bond acceptors (Lipinski definition) is 5. The molecule has 0 unspecified atom stereocenters. The van der Waals surface area contributed by atoms with Crippen LogP contribution in [-0.4, -0.2) is 31.0 Å². The molecule has 1 heterocycles. The molecule has 2 aromatic rings. The van der Waals surface area contributed by atoms with Gasteiger partial charge in [0.2, 0.25) is 0 Å². The van der Waals surface area contributed by atoms with Crippen molar-refractivity contribution in [3.05, 3.63) is 70.2 Å². The summed E-state index contributed by atoms with van der Waals surface area (Å²) in [6.07, 6.45) is 1.29. The molecular weight excluding hydrogens is 415 g/mol. The van der Waals surface area contributed by atoms with Crippen molar-refractivity contribution >= 4 is 36.6 Å². The number of nitrogens with two attached hydrogens (primary N) is 1. The number of nitrogens with one attached hydrogen (secondary N) is 1. The number of amides is 1. The molecule has 0 radical (unpaired) electrons. The van der Waals surface area contributed by atoms with Crippen molar-refractivity contribution in [2.75, 3.05) is 12.3 Å². The number of ether oxygens (including phenoxy) is 1. The van der Waals surface area contributed by atoms with Crippen LogP contribution in [0.1, 0.15) is 38.8 Å². The number of carbonyl (C=O) groups is 1. The van der Waals surface area contributed by atoms with Gasteiger partial charge in [0.05, 0.1) is 11.2 Å². The van der Waals surface area contributed by atoms with Crippen LogP contribution in [0.3, 0.4) is 0 Å². The van der Waals surface area contributed by atoms with E-state index < -0.39 is 24.4 Å². The highest BCUT2D eigenvalue weighted by molar-refractivity contribution is 6.56. The van der Waals surface area contributed by atoms with Gasteiger partial charge in [-0.3, -0.25) is 0 Å². The molecule has 0 aliphatic carbocycles. The fourth-order valence-corrected chi connectivity index (χ4v) is 3.19. The summed E-state index contributed by atoms with van der Waals surface area (Å²) in [5.74, 6) is 0. The van der Waals surface area contributed by atoms with Gasteiger partial charge >= 0.3 is 13.2 Å². The van der Waals surface area contributed by atoms with Gasteiger partial charge in [-0.15, -0.1) is 0 Å². The molecule has 0 aromatic heterocycles. The molecule has 0 bridgehead atoms. The fourth-order valence-electron chi connectivity index (χ4n) is 3.02. The predicted molar refractivity (Wildman–Crippen MR) is 125 cm³/mol. The Morgan fingerprint density at radius 3 is 2.42 bits per heavy atom. The number of benzene rings is 2. The smallest absolute Gasteiger partial charge is 0.445 e. The minimum absolute atomic E-state index is 0.162. The lowest BCUT2D eigenvalue weighted by atomic mass is 9.77. The zero-order chi connectivity index (χ0) is 22.6. The molecule has 1 amide bonds. The third-order valence-corrected chi connectivity index (χ3v) is 5.91. The molecule has 31 heavy (non-hydrogen) atoms. The van der Waals surface area contributed by atoms with Gasteiger partial charge in [-0.25, -0.2) is 4.79 Å². The summed E-state index contributed by atoms with van der Waals surface area (Å²) in [7, 11) is -0.656. The Bertz CT molecular complexity index is 947. The summed E-state index contributed by atoms with van der Waals surface area (Å²) in [6, 6.07) is 14.7. The maximum atomic E-state index is 12.3. The molecule has 0 saturated carbocycles. The number of carbonyl (C=O) groups excluding carboxylic acids is 1. The first-order valence-corrected chi connectivity index (χ1v) is 10.5. The maximum absolute atomic E-state index is 12.3. The van der Waals surface area contributed by atoms with Crippen molar-refractivity contribution in [2.24, 2.45) is 0 Å². The normalized spacial score (nSPS) is 17.5. The molecule has 1 aliphatic heterocycles. The van der Waals surface area contributed by atoms with E-state index in [1.54, 1.807) is 18.2 Å². The molecule has 3 N–H and O–H groups in total. The van der Waals surface area contributed by atoms with Crippen LogP contribution in [0.15, 0.2) is 54.0 Å². The van der Waals surface area contributed by atoms with E-state index in [1.165, 1.54) is 0 Å². The molecule has 164 valence electrons. The lowest BCUT2D eigenvalue weighted by Crippen LogP contribution is -2.41. The number of hydrogen-bond donors (Lipinski definition) is 2. The van der Waals surface area contributed by atoms with E-state index in [2.05, 4.69) is 5.32 Å². The SMILES string of the molecule is CC1(C)OB(C(=Cc2cc(N)ccc2Cl)CNC(=O)OCc2ccccc2)OC1(C)C. The van der Waals surface area contributed by atoms with Gasteiger partial charge in [-0.1, -0.05) is 48.0 Å². The van der Waals surface area contributed by atoms with Gasteiger partial charge in [0, 0.05) is 17.3 Å². The highest BCUT2D eigenvalue weighted by Gasteiger charge is 2.52. The average Bonchev–Trinajstić information content (AvgIpc) is 2.94. The van der Waals surface area contributed by atoms with Crippen LogP contribution >= 0.6 is 11.6 Å². The van der Waals surface area contributed by atoms with Crippen LogP contribution in [0, 0.1) is 0 Å². The number of halogens is 1. The van der Waals surface area contributed by atoms with Gasteiger partial charge in [0.15, 0.2) is 0 Å². The monoisotopic (exact) mass is 442 g/mol. The molecule has 6 nitrogen and oxygen atoms in total. The Labute approximate surface area is 188 Å². The Balaban J connectivity index is 1.75. The fraction of sp³-hybridized carbons (Fsp3) is 0.348. The highest BCUT2D eigenvalue weighted by Crippen LogP contribution is 2.39. The Hall–Kier alpha value is -2.48. The van der Waals surface area contributed by atoms with Crippen molar-refractivity contribution in [2.45, 2.75) is 45.5 Å². The third-order valence-electron chi connectivity index (χ3n) is 5.57. The maximum Gasteiger partial charge on any atom is 0.492 e. The van der Waals surface area contributed by atoms with E-state index in [0.29, 0.717) is 21.7 Å². The second kappa shape index (κ2) is 9.34. The molecule has 8 heteroatoms. The zero-order valence-electron chi connectivity index (χ0n) is 18.3. The lowest BCUT2D eigenvalue weighted by Gasteiger charge is -2.32. The number of rotatable bonds is 6. The van der Waals surface area contributed by atoms with E-state index >= 15 is 0 Å². The van der Waals surface area contributed by atoms with Crippen LogP contribution in [0.2, 0.25) is 5.02 Å². The van der Waals surface area contributed by atoms with E-state index in [1.807, 2.05) is 64.1 Å². The van der Waals surface area contributed by atoms with E-state index in [-0.39, 0.29) is 13.2 Å². The summed E-state index contributed by atoms with van der Waals surface area (Å²) in [5.41, 5.74) is 7.77. The van der Waals surface area contributed by atoms with Crippen molar-refractivity contribution in [1.29, 1.82) is 0 Å². The molecule has 1 saturated heterocycles. The van der Waals surface area contributed by atoms with E-state index in [4.69, 9.17) is 31.4 Å². The molecule has 2 aromatic carbocycles. The van der Waals surface area contributed by atoms with Crippen molar-refractivity contribution < 1.29 is 18.8 Å². The van der Waals surface area contributed by atoms with Gasteiger partial charge < -0.3 is 25.1 Å². The lowest BCUT2D eigenvalue weighted by molar-refractivity contribution is 0.00578. The van der Waals surface area contributed by atoms with Crippen LogP contribution in [0.4, 0.5) is 10.5 Å². The van der Waals surface area contributed by atoms with Crippen molar-refractivity contribution in [1.82, 2.24) is 5.32 Å². The number of alkyl carbamates (subject to hydrolysis) is 1. The number of anilines is 1. The molecule has 0 spiro atoms. The number of nitrogen functional groups attached to an aromatic ring is 1. The standard InChI is InChI=1S/C23H28BClN2O4/c1-22(2)23(3,4)31-24(30-22)18(12-17-13-19(26)10-11-20(17)25)14-27-21(28)29-15-16-8-6-5-7-9-16/h5-13H,14-15,26H2,1-4H3,(H,27,28). The Morgan fingerprint density at radius 2 is 1.77 bits per heavy atom. The largest absolute Gasteiger partial charge is 0.492 e. The summed E-state index contributed by atoms with van der Waals surface area (Å²) >= 11 is 6.35. The second-order valence-corrected chi connectivity index (χ2v) is 8.91. The molecular formula is C23H28BClN2O4. The Kier molecular flexibility index (Phi) is 6.99. The van der Waals surface area contributed by atoms with E-state index in [9.17, 15) is 4.79 Å². The van der Waals surface area contributed by atoms with Crippen LogP contribution in [-0.2, 0) is 20.7 Å². The molecule has 3 rings (SSSR count). The van der Waals surface area contributed by atoms with Crippen molar-refractivity contribution in [3.8, 4) is 0 Å². The summed E-state index contributed by atoms with van der Waals surface area (Å²) in [6.45, 7) is 8.23. The summed E-state index contributed by atoms with van der Waals surface area (Å²) in [4.78, 5) is 12.3. The third kappa shape index (κ3) is 5.82. The predicted octanol–water partition coefficient (Wildman–Crippen LogP) is 4.86. The minimum Gasteiger partial charge on any atom is -0.445 e. The minimum atomic E-state index is -0.656. The first-order chi connectivity index (χ1) is 14.6. The molecule has 1 aliphatic rings. The average molecular weight is 443 g/mol. The summed E-state index contributed by atoms with van der Waals surface area (Å²) < 4.78 is 17.7. The quantitative estimate of drug-likeness (QED) is 0.493. The van der Waals surface area contributed by atoms with Crippen molar-refractivity contribution in [3.63, 3.8) is 0 Å². The van der Waals surface area contributed by atoms with Crippen LogP contribution in [0.25, 0.3) is 6.08 Å². The van der Waals surface area contributed by atoms with Gasteiger partial charge in [0.1, 0.15) is 6.61 Å². The van der Waals surface area contributed by atoms with Crippen LogP contribution in [0.5, 0.6) is 0 Å². The first-order valence-electron chi connectivity index (χ1n) is 10.1. The van der Waals surface area contributed by atoms with Crippen LogP contribution < -0.4 is 11.1 Å². The topological polar surface area (TPSA) is 82.8 Å². The Morgan fingerprint density at radius 1 is 1.13 bits per heavy atom. The zero-order valence-corrected chi connectivity index (χ0v) is 19.0. The van der Waals surface area contributed by atoms with E-state index in [0.717, 1.165) is 5.56 Å². The van der Waals surface area contributed by atoms with Gasteiger partial charge in [-0.2, -0.15) is 0 Å². The molecule has 1 fully saturated rings.